The quantitative estimate of drug-likeness (QED) is 0.867. The van der Waals surface area contributed by atoms with Crippen molar-refractivity contribution in [3.05, 3.63) is 65.7 Å². The number of benzene rings is 2. The van der Waals surface area contributed by atoms with E-state index in [4.69, 9.17) is 4.74 Å². The SMILES string of the molecule is Cc1ccc([C@H]2O[C@@H](C)CC2S(=O)(=O)c2ccccc2)cc1. The van der Waals surface area contributed by atoms with Gasteiger partial charge in [0, 0.05) is 0 Å². The molecule has 1 aliphatic rings. The zero-order valence-corrected chi connectivity index (χ0v) is 13.6. The second-order valence-corrected chi connectivity index (χ2v) is 8.08. The van der Waals surface area contributed by atoms with Crippen LogP contribution >= 0.6 is 0 Å². The maximum absolute atomic E-state index is 13.0. The van der Waals surface area contributed by atoms with Gasteiger partial charge < -0.3 is 4.74 Å². The van der Waals surface area contributed by atoms with Crippen LogP contribution < -0.4 is 0 Å². The first kappa shape index (κ1) is 15.3. The molecule has 116 valence electrons. The second kappa shape index (κ2) is 5.86. The number of rotatable bonds is 3. The van der Waals surface area contributed by atoms with E-state index in [0.29, 0.717) is 11.3 Å². The maximum Gasteiger partial charge on any atom is 0.184 e. The van der Waals surface area contributed by atoms with Crippen LogP contribution in [-0.2, 0) is 14.6 Å². The normalized spacial score (nSPS) is 25.3. The van der Waals surface area contributed by atoms with Crippen molar-refractivity contribution in [2.75, 3.05) is 0 Å². The summed E-state index contributed by atoms with van der Waals surface area (Å²) in [6.07, 6.45) is 0.0612. The Balaban J connectivity index is 1.99. The van der Waals surface area contributed by atoms with Crippen LogP contribution in [0.15, 0.2) is 59.5 Å². The molecule has 0 amide bonds. The Morgan fingerprint density at radius 2 is 1.64 bits per heavy atom. The molecule has 0 bridgehead atoms. The minimum atomic E-state index is -3.40. The molecule has 0 aromatic heterocycles. The van der Waals surface area contributed by atoms with E-state index < -0.39 is 21.2 Å². The van der Waals surface area contributed by atoms with E-state index in [2.05, 4.69) is 0 Å². The van der Waals surface area contributed by atoms with Gasteiger partial charge in [-0.3, -0.25) is 0 Å². The summed E-state index contributed by atoms with van der Waals surface area (Å²) in [4.78, 5) is 0.370. The lowest BCUT2D eigenvalue weighted by molar-refractivity contribution is 0.0562. The third-order valence-corrected chi connectivity index (χ3v) is 6.32. The van der Waals surface area contributed by atoms with Gasteiger partial charge in [-0.25, -0.2) is 8.42 Å². The van der Waals surface area contributed by atoms with Crippen molar-refractivity contribution in [2.45, 2.75) is 42.6 Å². The molecule has 2 aromatic carbocycles. The van der Waals surface area contributed by atoms with Crippen LogP contribution in [0, 0.1) is 6.92 Å². The van der Waals surface area contributed by atoms with E-state index in [1.807, 2.05) is 44.2 Å². The maximum atomic E-state index is 13.0. The number of ether oxygens (including phenoxy) is 1. The van der Waals surface area contributed by atoms with Gasteiger partial charge in [-0.15, -0.1) is 0 Å². The summed E-state index contributed by atoms with van der Waals surface area (Å²) >= 11 is 0. The molecule has 3 nitrogen and oxygen atoms in total. The summed E-state index contributed by atoms with van der Waals surface area (Å²) in [5, 5.41) is -0.535. The first-order valence-corrected chi connectivity index (χ1v) is 9.04. The summed E-state index contributed by atoms with van der Waals surface area (Å²) in [6.45, 7) is 3.95. The van der Waals surface area contributed by atoms with Gasteiger partial charge in [0.15, 0.2) is 9.84 Å². The van der Waals surface area contributed by atoms with Crippen LogP contribution in [-0.4, -0.2) is 19.8 Å². The van der Waals surface area contributed by atoms with Gasteiger partial charge in [-0.1, -0.05) is 48.0 Å². The second-order valence-electron chi connectivity index (χ2n) is 5.91. The van der Waals surface area contributed by atoms with Crippen molar-refractivity contribution < 1.29 is 13.2 Å². The molecule has 22 heavy (non-hydrogen) atoms. The molecule has 3 rings (SSSR count). The zero-order chi connectivity index (χ0) is 15.7. The third-order valence-electron chi connectivity index (χ3n) is 4.16. The highest BCUT2D eigenvalue weighted by atomic mass is 32.2. The van der Waals surface area contributed by atoms with Crippen molar-refractivity contribution >= 4 is 9.84 Å². The lowest BCUT2D eigenvalue weighted by Crippen LogP contribution is -2.25. The summed E-state index contributed by atoms with van der Waals surface area (Å²) < 4.78 is 31.8. The van der Waals surface area contributed by atoms with Crippen molar-refractivity contribution in [2.24, 2.45) is 0 Å². The topological polar surface area (TPSA) is 43.4 Å². The van der Waals surface area contributed by atoms with Gasteiger partial charge in [0.05, 0.1) is 16.2 Å². The van der Waals surface area contributed by atoms with Gasteiger partial charge in [0.25, 0.3) is 0 Å². The van der Waals surface area contributed by atoms with Gasteiger partial charge in [-0.2, -0.15) is 0 Å². The fourth-order valence-electron chi connectivity index (χ4n) is 2.97. The van der Waals surface area contributed by atoms with E-state index in [9.17, 15) is 8.42 Å². The molecule has 1 fully saturated rings. The van der Waals surface area contributed by atoms with Gasteiger partial charge in [0.2, 0.25) is 0 Å². The molecule has 0 aliphatic carbocycles. The lowest BCUT2D eigenvalue weighted by Gasteiger charge is -2.19. The van der Waals surface area contributed by atoms with Gasteiger partial charge >= 0.3 is 0 Å². The standard InChI is InChI=1S/C18H20O3S/c1-13-8-10-15(11-9-13)18-17(12-14(2)21-18)22(19,20)16-6-4-3-5-7-16/h3-11,14,17-18H,12H2,1-2H3/t14-,17?,18+/m0/s1. The zero-order valence-electron chi connectivity index (χ0n) is 12.8. The molecule has 3 atom stereocenters. The van der Waals surface area contributed by atoms with Crippen LogP contribution in [0.5, 0.6) is 0 Å². The average molecular weight is 316 g/mol. The minimum Gasteiger partial charge on any atom is -0.369 e. The van der Waals surface area contributed by atoms with E-state index in [1.165, 1.54) is 0 Å². The van der Waals surface area contributed by atoms with Crippen LogP contribution in [0.2, 0.25) is 0 Å². The van der Waals surface area contributed by atoms with Crippen LogP contribution in [0.4, 0.5) is 0 Å². The predicted octanol–water partition coefficient (Wildman–Crippen LogP) is 3.69. The van der Waals surface area contributed by atoms with Crippen LogP contribution in [0.3, 0.4) is 0 Å². The number of sulfone groups is 1. The highest BCUT2D eigenvalue weighted by Gasteiger charge is 2.43. The Hall–Kier alpha value is -1.65. The fraction of sp³-hybridized carbons (Fsp3) is 0.333. The predicted molar refractivity (Wildman–Crippen MR) is 86.5 cm³/mol. The number of hydrogen-bond acceptors (Lipinski definition) is 3. The first-order chi connectivity index (χ1) is 10.5. The van der Waals surface area contributed by atoms with Crippen LogP contribution in [0.1, 0.15) is 30.6 Å². The van der Waals surface area contributed by atoms with Crippen molar-refractivity contribution in [3.63, 3.8) is 0 Å². The first-order valence-electron chi connectivity index (χ1n) is 7.49. The molecule has 0 spiro atoms. The van der Waals surface area contributed by atoms with Crippen molar-refractivity contribution in [1.29, 1.82) is 0 Å². The molecular formula is C18H20O3S. The molecule has 0 N–H and O–H groups in total. The molecule has 0 radical (unpaired) electrons. The van der Waals surface area contributed by atoms with Crippen molar-refractivity contribution in [3.8, 4) is 0 Å². The summed E-state index contributed by atoms with van der Waals surface area (Å²) in [5.74, 6) is 0. The smallest absolute Gasteiger partial charge is 0.184 e. The number of aryl methyl sites for hydroxylation is 1. The molecular weight excluding hydrogens is 296 g/mol. The minimum absolute atomic E-state index is 0.0604. The molecule has 1 saturated heterocycles. The monoisotopic (exact) mass is 316 g/mol. The van der Waals surface area contributed by atoms with Crippen molar-refractivity contribution in [1.82, 2.24) is 0 Å². The lowest BCUT2D eigenvalue weighted by atomic mass is 10.0. The summed E-state index contributed by atoms with van der Waals surface area (Å²) in [5.41, 5.74) is 2.08. The van der Waals surface area contributed by atoms with Gasteiger partial charge in [-0.05, 0) is 38.0 Å². The fourth-order valence-corrected chi connectivity index (χ4v) is 4.93. The molecule has 4 heteroatoms. The largest absolute Gasteiger partial charge is 0.369 e. The number of hydrogen-bond donors (Lipinski definition) is 0. The Morgan fingerprint density at radius 1 is 1.00 bits per heavy atom. The molecule has 1 aliphatic heterocycles. The molecule has 2 aromatic rings. The average Bonchev–Trinajstić information content (AvgIpc) is 2.92. The van der Waals surface area contributed by atoms with Gasteiger partial charge in [0.1, 0.15) is 6.10 Å². The Labute approximate surface area is 131 Å². The summed E-state index contributed by atoms with van der Waals surface area (Å²) in [7, 11) is -3.40. The van der Waals surface area contributed by atoms with E-state index in [0.717, 1.165) is 11.1 Å². The Bertz CT molecular complexity index is 736. The van der Waals surface area contributed by atoms with E-state index in [1.54, 1.807) is 24.3 Å². The van der Waals surface area contributed by atoms with E-state index in [-0.39, 0.29) is 6.10 Å². The highest BCUT2D eigenvalue weighted by molar-refractivity contribution is 7.92. The van der Waals surface area contributed by atoms with E-state index >= 15 is 0 Å². The molecule has 1 heterocycles. The Kier molecular flexibility index (Phi) is 4.06. The highest BCUT2D eigenvalue weighted by Crippen LogP contribution is 2.39. The summed E-state index contributed by atoms with van der Waals surface area (Å²) in [6, 6.07) is 16.6. The third kappa shape index (κ3) is 2.81. The van der Waals surface area contributed by atoms with Crippen LogP contribution in [0.25, 0.3) is 0 Å². The Morgan fingerprint density at radius 3 is 2.27 bits per heavy atom. The molecule has 1 unspecified atom stereocenters. The molecule has 0 saturated carbocycles.